The summed E-state index contributed by atoms with van der Waals surface area (Å²) in [6.07, 6.45) is 7.46. The standard InChI is InChI=1S/C24H29F5N4O5/c1-30-5-6-31(2)23(30)24-32(3)7-8-33(24)9-11-36-13-15-37-14-12-35-10-4-16(34)38-22-20(28)18(26)17(25)19(27)21(22)29/h5-8H,4,9-15H2,1-3H3/q+2. The maximum atomic E-state index is 13.5. The van der Waals surface area contributed by atoms with Crippen LogP contribution >= 0.6 is 0 Å². The third-order valence-corrected chi connectivity index (χ3v) is 5.51. The number of hydrogen-bond donors (Lipinski definition) is 0. The van der Waals surface area contributed by atoms with Crippen molar-refractivity contribution in [3.8, 4) is 17.4 Å². The summed E-state index contributed by atoms with van der Waals surface area (Å²) >= 11 is 0. The highest BCUT2D eigenvalue weighted by atomic mass is 19.2. The van der Waals surface area contributed by atoms with Crippen LogP contribution in [0.3, 0.4) is 0 Å². The molecule has 0 fully saturated rings. The molecule has 2 heterocycles. The third-order valence-electron chi connectivity index (χ3n) is 5.51. The maximum Gasteiger partial charge on any atom is 0.373 e. The Bertz CT molecular complexity index is 1220. The van der Waals surface area contributed by atoms with Crippen LogP contribution in [0.15, 0.2) is 24.8 Å². The molecule has 0 radical (unpaired) electrons. The van der Waals surface area contributed by atoms with Crippen LogP contribution in [0, 0.1) is 29.1 Å². The van der Waals surface area contributed by atoms with Gasteiger partial charge in [0, 0.05) is 0 Å². The minimum Gasteiger partial charge on any atom is -0.420 e. The Morgan fingerprint density at radius 3 is 1.82 bits per heavy atom. The van der Waals surface area contributed by atoms with Crippen molar-refractivity contribution in [3.63, 3.8) is 0 Å². The molecule has 0 spiro atoms. The largest absolute Gasteiger partial charge is 0.420 e. The highest BCUT2D eigenvalue weighted by Crippen LogP contribution is 2.29. The summed E-state index contributed by atoms with van der Waals surface area (Å²) in [6.45, 7) is 1.88. The lowest BCUT2D eigenvalue weighted by molar-refractivity contribution is -0.690. The normalized spacial score (nSPS) is 11.4. The number of nitrogens with zero attached hydrogens (tertiary/aromatic N) is 4. The first kappa shape index (κ1) is 29.2. The molecule has 2 aromatic heterocycles. The Labute approximate surface area is 215 Å². The highest BCUT2D eigenvalue weighted by molar-refractivity contribution is 5.72. The van der Waals surface area contributed by atoms with Gasteiger partial charge < -0.3 is 18.9 Å². The lowest BCUT2D eigenvalue weighted by Gasteiger charge is -2.09. The molecular formula is C24H29F5N4O5+2. The summed E-state index contributed by atoms with van der Waals surface area (Å²) in [5.74, 6) is -12.0. The van der Waals surface area contributed by atoms with Crippen molar-refractivity contribution in [3.05, 3.63) is 53.9 Å². The Morgan fingerprint density at radius 2 is 1.24 bits per heavy atom. The molecule has 0 aliphatic rings. The van der Waals surface area contributed by atoms with Crippen molar-refractivity contribution >= 4 is 5.97 Å². The van der Waals surface area contributed by atoms with E-state index in [4.69, 9.17) is 14.2 Å². The quantitative estimate of drug-likeness (QED) is 0.0586. The lowest BCUT2D eigenvalue weighted by atomic mass is 10.2. The SMILES string of the molecule is Cn1cc[n+](C)c1-c1n(CCOCCOCCOCCC(=O)Oc2c(F)c(F)c(F)c(F)c2F)cc[n+]1C. The molecule has 0 saturated carbocycles. The van der Waals surface area contributed by atoms with Crippen LogP contribution in [-0.4, -0.2) is 54.7 Å². The fraction of sp³-hybridized carbons (Fsp3) is 0.458. The molecule has 0 atom stereocenters. The molecule has 0 amide bonds. The van der Waals surface area contributed by atoms with E-state index in [2.05, 4.69) is 9.30 Å². The minimum absolute atomic E-state index is 0.104. The van der Waals surface area contributed by atoms with E-state index in [1.165, 1.54) is 0 Å². The van der Waals surface area contributed by atoms with Crippen LogP contribution in [0.4, 0.5) is 22.0 Å². The van der Waals surface area contributed by atoms with E-state index < -0.39 is 47.2 Å². The summed E-state index contributed by atoms with van der Waals surface area (Å²) in [5.41, 5.74) is 0. The second-order valence-corrected chi connectivity index (χ2v) is 8.23. The third kappa shape index (κ3) is 6.94. The van der Waals surface area contributed by atoms with Gasteiger partial charge in [0.25, 0.3) is 0 Å². The van der Waals surface area contributed by atoms with Crippen molar-refractivity contribution < 1.29 is 54.8 Å². The zero-order valence-corrected chi connectivity index (χ0v) is 21.2. The van der Waals surface area contributed by atoms with Crippen LogP contribution in [0.2, 0.25) is 0 Å². The zero-order valence-electron chi connectivity index (χ0n) is 21.2. The molecular weight excluding hydrogens is 519 g/mol. The monoisotopic (exact) mass is 548 g/mol. The van der Waals surface area contributed by atoms with Gasteiger partial charge in [0.15, 0.2) is 0 Å². The number of rotatable bonds is 14. The predicted octanol–water partition coefficient (Wildman–Crippen LogP) is 1.88. The summed E-state index contributed by atoms with van der Waals surface area (Å²) in [6, 6.07) is 0. The Balaban J connectivity index is 1.27. The van der Waals surface area contributed by atoms with Crippen molar-refractivity contribution in [2.24, 2.45) is 21.1 Å². The van der Waals surface area contributed by atoms with Crippen molar-refractivity contribution in [2.45, 2.75) is 13.0 Å². The molecule has 0 unspecified atom stereocenters. The number of benzene rings is 1. The summed E-state index contributed by atoms with van der Waals surface area (Å²) < 4.78 is 95.0. The van der Waals surface area contributed by atoms with E-state index in [9.17, 15) is 26.7 Å². The second-order valence-electron chi connectivity index (χ2n) is 8.23. The molecule has 0 bridgehead atoms. The van der Waals surface area contributed by atoms with Gasteiger partial charge in [-0.25, -0.2) is 31.4 Å². The fourth-order valence-corrected chi connectivity index (χ4v) is 3.60. The zero-order chi connectivity index (χ0) is 27.8. The van der Waals surface area contributed by atoms with Gasteiger partial charge in [0.2, 0.25) is 34.8 Å². The number of aryl methyl sites for hydroxylation is 3. The molecule has 0 aliphatic carbocycles. The van der Waals surface area contributed by atoms with Gasteiger partial charge in [-0.2, -0.15) is 8.78 Å². The van der Waals surface area contributed by atoms with Crippen LogP contribution in [0.25, 0.3) is 11.6 Å². The number of esters is 1. The Hall–Kier alpha value is -3.36. The van der Waals surface area contributed by atoms with Crippen LogP contribution < -0.4 is 13.9 Å². The van der Waals surface area contributed by atoms with Crippen molar-refractivity contribution in [1.82, 2.24) is 9.13 Å². The number of aromatic nitrogens is 4. The number of ether oxygens (including phenoxy) is 4. The molecule has 38 heavy (non-hydrogen) atoms. The van der Waals surface area contributed by atoms with Crippen LogP contribution in [0.5, 0.6) is 5.75 Å². The number of carbonyl (C=O) groups excluding carboxylic acids is 1. The molecule has 3 rings (SSSR count). The highest BCUT2D eigenvalue weighted by Gasteiger charge is 2.29. The Morgan fingerprint density at radius 1 is 0.737 bits per heavy atom. The van der Waals surface area contributed by atoms with E-state index in [0.717, 1.165) is 11.6 Å². The number of carbonyl (C=O) groups is 1. The summed E-state index contributed by atoms with van der Waals surface area (Å²) in [4.78, 5) is 11.7. The summed E-state index contributed by atoms with van der Waals surface area (Å²) in [7, 11) is 5.94. The van der Waals surface area contributed by atoms with Gasteiger partial charge in [-0.05, 0) is 0 Å². The fourth-order valence-electron chi connectivity index (χ4n) is 3.60. The van der Waals surface area contributed by atoms with E-state index in [1.54, 1.807) is 0 Å². The maximum absolute atomic E-state index is 13.5. The molecule has 208 valence electrons. The van der Waals surface area contributed by atoms with Gasteiger partial charge in [-0.3, -0.25) is 4.79 Å². The van der Waals surface area contributed by atoms with Crippen LogP contribution in [-0.2, 0) is 46.7 Å². The molecule has 3 aromatic rings. The first-order chi connectivity index (χ1) is 18.1. The van der Waals surface area contributed by atoms with Gasteiger partial charge in [0.05, 0.1) is 67.2 Å². The van der Waals surface area contributed by atoms with Crippen molar-refractivity contribution in [2.75, 3.05) is 39.6 Å². The van der Waals surface area contributed by atoms with E-state index in [0.29, 0.717) is 26.4 Å². The van der Waals surface area contributed by atoms with Gasteiger partial charge in [-0.1, -0.05) is 0 Å². The molecule has 14 heteroatoms. The van der Waals surface area contributed by atoms with Crippen LogP contribution in [0.1, 0.15) is 6.42 Å². The first-order valence-electron chi connectivity index (χ1n) is 11.6. The van der Waals surface area contributed by atoms with Gasteiger partial charge in [0.1, 0.15) is 31.3 Å². The van der Waals surface area contributed by atoms with Crippen molar-refractivity contribution in [1.29, 1.82) is 0 Å². The minimum atomic E-state index is -2.34. The molecule has 0 aliphatic heterocycles. The Kier molecular flexibility index (Phi) is 10.3. The van der Waals surface area contributed by atoms with E-state index in [1.807, 2.05) is 59.6 Å². The average Bonchev–Trinajstić information content (AvgIpc) is 3.42. The predicted molar refractivity (Wildman–Crippen MR) is 120 cm³/mol. The first-order valence-corrected chi connectivity index (χ1v) is 11.6. The molecule has 9 nitrogen and oxygen atoms in total. The average molecular weight is 549 g/mol. The number of halogens is 5. The van der Waals surface area contributed by atoms with Gasteiger partial charge in [-0.15, -0.1) is 0 Å². The molecule has 0 saturated heterocycles. The van der Waals surface area contributed by atoms with E-state index >= 15 is 0 Å². The molecule has 1 aromatic carbocycles. The van der Waals surface area contributed by atoms with E-state index in [-0.39, 0.29) is 19.8 Å². The number of hydrogen-bond acceptors (Lipinski definition) is 5. The topological polar surface area (TPSA) is 71.6 Å². The smallest absolute Gasteiger partial charge is 0.373 e. The van der Waals surface area contributed by atoms with Gasteiger partial charge >= 0.3 is 17.6 Å². The molecule has 0 N–H and O–H groups in total. The second kappa shape index (κ2) is 13.4. The number of imidazole rings is 2. The lowest BCUT2D eigenvalue weighted by Crippen LogP contribution is -2.38. The summed E-state index contributed by atoms with van der Waals surface area (Å²) in [5, 5.41) is 0.